The van der Waals surface area contributed by atoms with Crippen LogP contribution in [0.15, 0.2) is 12.1 Å². The number of pyridine rings is 1. The summed E-state index contributed by atoms with van der Waals surface area (Å²) in [6, 6.07) is 3.16. The van der Waals surface area contributed by atoms with Gasteiger partial charge >= 0.3 is 7.12 Å². The molecule has 110 valence electrons. The normalized spacial score (nSPS) is 20.7. The average Bonchev–Trinajstić information content (AvgIpc) is 2.46. The van der Waals surface area contributed by atoms with Crippen molar-refractivity contribution in [3.05, 3.63) is 23.0 Å². The van der Waals surface area contributed by atoms with Crippen LogP contribution < -0.4 is 5.46 Å². The quantitative estimate of drug-likeness (QED) is 0.635. The van der Waals surface area contributed by atoms with Crippen LogP contribution >= 0.6 is 11.6 Å². The number of halogens is 3. The Bertz CT molecular complexity index is 495. The molecule has 0 spiro atoms. The molecule has 0 aliphatic carbocycles. The van der Waals surface area contributed by atoms with Crippen LogP contribution in [0, 0.1) is 0 Å². The van der Waals surface area contributed by atoms with E-state index in [1.807, 2.05) is 27.7 Å². The molecular weight excluding hydrogens is 286 g/mol. The van der Waals surface area contributed by atoms with Gasteiger partial charge in [-0.25, -0.2) is 13.8 Å². The van der Waals surface area contributed by atoms with Crippen LogP contribution in [-0.4, -0.2) is 29.7 Å². The van der Waals surface area contributed by atoms with Gasteiger partial charge in [0.05, 0.1) is 17.6 Å². The first-order valence-corrected chi connectivity index (χ1v) is 6.79. The monoisotopic (exact) mass is 303 g/mol. The second-order valence-electron chi connectivity index (χ2n) is 5.87. The number of hydrogen-bond donors (Lipinski definition) is 0. The molecule has 1 aliphatic heterocycles. The molecule has 1 aromatic heterocycles. The third-order valence-electron chi connectivity index (χ3n) is 3.81. The van der Waals surface area contributed by atoms with Crippen LogP contribution in [-0.2, 0) is 15.7 Å². The SMILES string of the molecule is CC1(C)OB(c2ccc(CC(F)F)nc2Cl)OC1(C)C. The molecule has 1 aliphatic rings. The zero-order valence-electron chi connectivity index (χ0n) is 11.9. The van der Waals surface area contributed by atoms with Gasteiger partial charge in [-0.15, -0.1) is 0 Å². The van der Waals surface area contributed by atoms with Crippen molar-refractivity contribution in [2.75, 3.05) is 0 Å². The predicted octanol–water partition coefficient (Wildman–Crippen LogP) is 2.84. The topological polar surface area (TPSA) is 31.4 Å². The lowest BCUT2D eigenvalue weighted by Crippen LogP contribution is -2.41. The van der Waals surface area contributed by atoms with Gasteiger partial charge < -0.3 is 9.31 Å². The van der Waals surface area contributed by atoms with E-state index in [-0.39, 0.29) is 10.8 Å². The molecule has 0 saturated carbocycles. The molecule has 1 saturated heterocycles. The number of aromatic nitrogens is 1. The Morgan fingerprint density at radius 3 is 2.20 bits per heavy atom. The van der Waals surface area contributed by atoms with Gasteiger partial charge in [-0.2, -0.15) is 0 Å². The van der Waals surface area contributed by atoms with Crippen LogP contribution in [0.5, 0.6) is 0 Å². The van der Waals surface area contributed by atoms with E-state index in [1.165, 1.54) is 6.07 Å². The van der Waals surface area contributed by atoms with Crippen LogP contribution in [0.25, 0.3) is 0 Å². The summed E-state index contributed by atoms with van der Waals surface area (Å²) >= 11 is 6.06. The van der Waals surface area contributed by atoms with E-state index >= 15 is 0 Å². The number of alkyl halides is 2. The Labute approximate surface area is 122 Å². The molecule has 2 rings (SSSR count). The molecular formula is C13H17BClF2NO2. The molecule has 0 radical (unpaired) electrons. The second kappa shape index (κ2) is 5.24. The second-order valence-corrected chi connectivity index (χ2v) is 6.22. The Morgan fingerprint density at radius 1 is 1.20 bits per heavy atom. The van der Waals surface area contributed by atoms with E-state index in [0.29, 0.717) is 5.46 Å². The standard InChI is InChI=1S/C13H17BClF2NO2/c1-12(2)13(3,4)20-14(19-12)9-6-5-8(7-10(16)17)18-11(9)15/h5-6,10H,7H2,1-4H3. The summed E-state index contributed by atoms with van der Waals surface area (Å²) in [6.45, 7) is 7.72. The van der Waals surface area contributed by atoms with E-state index in [2.05, 4.69) is 4.98 Å². The van der Waals surface area contributed by atoms with Crippen LogP contribution in [0.1, 0.15) is 33.4 Å². The van der Waals surface area contributed by atoms with Crippen molar-refractivity contribution in [3.63, 3.8) is 0 Å². The Balaban J connectivity index is 2.23. The summed E-state index contributed by atoms with van der Waals surface area (Å²) in [4.78, 5) is 3.98. The molecule has 0 aromatic carbocycles. The van der Waals surface area contributed by atoms with Crippen LogP contribution in [0.2, 0.25) is 5.15 Å². The maximum absolute atomic E-state index is 12.3. The third kappa shape index (κ3) is 2.97. The average molecular weight is 304 g/mol. The Kier molecular flexibility index (Phi) is 4.11. The molecule has 20 heavy (non-hydrogen) atoms. The fourth-order valence-corrected chi connectivity index (χ4v) is 2.16. The molecule has 0 N–H and O–H groups in total. The summed E-state index contributed by atoms with van der Waals surface area (Å²) < 4.78 is 36.4. The van der Waals surface area contributed by atoms with E-state index in [0.717, 1.165) is 0 Å². The van der Waals surface area contributed by atoms with E-state index in [1.54, 1.807) is 6.07 Å². The fraction of sp³-hybridized carbons (Fsp3) is 0.615. The van der Waals surface area contributed by atoms with Crippen molar-refractivity contribution >= 4 is 24.2 Å². The molecule has 1 fully saturated rings. The van der Waals surface area contributed by atoms with Gasteiger partial charge in [0.2, 0.25) is 6.43 Å². The lowest BCUT2D eigenvalue weighted by atomic mass is 9.80. The van der Waals surface area contributed by atoms with Crippen molar-refractivity contribution in [1.82, 2.24) is 4.98 Å². The molecule has 0 atom stereocenters. The van der Waals surface area contributed by atoms with Gasteiger partial charge in [-0.1, -0.05) is 17.7 Å². The van der Waals surface area contributed by atoms with Crippen molar-refractivity contribution in [2.45, 2.75) is 51.7 Å². The lowest BCUT2D eigenvalue weighted by Gasteiger charge is -2.32. The summed E-state index contributed by atoms with van der Waals surface area (Å²) in [7, 11) is -0.638. The number of rotatable bonds is 3. The van der Waals surface area contributed by atoms with Gasteiger partial charge in [0.15, 0.2) is 0 Å². The summed E-state index contributed by atoms with van der Waals surface area (Å²) in [5.41, 5.74) is -0.153. The summed E-state index contributed by atoms with van der Waals surface area (Å²) in [5, 5.41) is 0.140. The van der Waals surface area contributed by atoms with Gasteiger partial charge in [-0.3, -0.25) is 0 Å². The molecule has 2 heterocycles. The van der Waals surface area contributed by atoms with Gasteiger partial charge in [0.25, 0.3) is 0 Å². The highest BCUT2D eigenvalue weighted by atomic mass is 35.5. The van der Waals surface area contributed by atoms with Crippen molar-refractivity contribution in [2.24, 2.45) is 0 Å². The van der Waals surface area contributed by atoms with Crippen LogP contribution in [0.4, 0.5) is 8.78 Å². The molecule has 0 unspecified atom stereocenters. The lowest BCUT2D eigenvalue weighted by molar-refractivity contribution is 0.00578. The first-order valence-electron chi connectivity index (χ1n) is 6.41. The highest BCUT2D eigenvalue weighted by Gasteiger charge is 2.52. The van der Waals surface area contributed by atoms with Crippen molar-refractivity contribution in [3.8, 4) is 0 Å². The summed E-state index contributed by atoms with van der Waals surface area (Å²) in [5.74, 6) is 0. The van der Waals surface area contributed by atoms with Gasteiger partial charge in [-0.05, 0) is 33.8 Å². The smallest absolute Gasteiger partial charge is 0.399 e. The highest BCUT2D eigenvalue weighted by molar-refractivity contribution is 6.65. The van der Waals surface area contributed by atoms with Gasteiger partial charge in [0.1, 0.15) is 5.15 Å². The van der Waals surface area contributed by atoms with Crippen LogP contribution in [0.3, 0.4) is 0 Å². The van der Waals surface area contributed by atoms with Crippen molar-refractivity contribution < 1.29 is 18.1 Å². The first kappa shape index (κ1) is 15.7. The van der Waals surface area contributed by atoms with E-state index in [4.69, 9.17) is 20.9 Å². The minimum atomic E-state index is -2.44. The minimum absolute atomic E-state index is 0.140. The minimum Gasteiger partial charge on any atom is -0.399 e. The number of hydrogen-bond acceptors (Lipinski definition) is 3. The van der Waals surface area contributed by atoms with Crippen molar-refractivity contribution in [1.29, 1.82) is 0 Å². The molecule has 1 aromatic rings. The molecule has 0 bridgehead atoms. The van der Waals surface area contributed by atoms with E-state index < -0.39 is 31.2 Å². The molecule has 7 heteroatoms. The maximum atomic E-state index is 12.3. The molecule has 0 amide bonds. The predicted molar refractivity (Wildman–Crippen MR) is 74.7 cm³/mol. The largest absolute Gasteiger partial charge is 0.498 e. The number of nitrogens with zero attached hydrogens (tertiary/aromatic N) is 1. The molecule has 3 nitrogen and oxygen atoms in total. The maximum Gasteiger partial charge on any atom is 0.498 e. The third-order valence-corrected chi connectivity index (χ3v) is 4.11. The Hall–Kier alpha value is -0.715. The summed E-state index contributed by atoms with van der Waals surface area (Å²) in [6.07, 6.45) is -2.86. The zero-order chi connectivity index (χ0) is 15.1. The van der Waals surface area contributed by atoms with Gasteiger partial charge in [0, 0.05) is 11.2 Å². The fourth-order valence-electron chi connectivity index (χ4n) is 1.90. The Morgan fingerprint density at radius 2 is 1.75 bits per heavy atom. The van der Waals surface area contributed by atoms with E-state index in [9.17, 15) is 8.78 Å². The first-order chi connectivity index (χ1) is 9.12. The zero-order valence-corrected chi connectivity index (χ0v) is 12.7. The highest BCUT2D eigenvalue weighted by Crippen LogP contribution is 2.36.